The average molecular weight is 237 g/mol. The number of benzene rings is 1. The molecule has 1 unspecified atom stereocenters. The molecular formula is C11H13ClN4. The summed E-state index contributed by atoms with van der Waals surface area (Å²) in [6, 6.07) is 6.18. The van der Waals surface area contributed by atoms with Gasteiger partial charge in [-0.05, 0) is 54.5 Å². The molecular weight excluding hydrogens is 224 g/mol. The van der Waals surface area contributed by atoms with Crippen molar-refractivity contribution in [3.05, 3.63) is 35.2 Å². The van der Waals surface area contributed by atoms with Crippen LogP contribution in [0.3, 0.4) is 0 Å². The number of hydrogen-bond donors (Lipinski definition) is 0. The molecule has 0 aliphatic rings. The first-order valence-electron chi connectivity index (χ1n) is 5.09. The molecule has 1 aromatic carbocycles. The lowest BCUT2D eigenvalue weighted by atomic mass is 10.1. The van der Waals surface area contributed by atoms with Gasteiger partial charge in [0.15, 0.2) is 5.82 Å². The van der Waals surface area contributed by atoms with Crippen molar-refractivity contribution >= 4 is 11.6 Å². The topological polar surface area (TPSA) is 43.6 Å². The molecule has 0 spiro atoms. The summed E-state index contributed by atoms with van der Waals surface area (Å²) in [5, 5.41) is 11.3. The van der Waals surface area contributed by atoms with Gasteiger partial charge in [-0.3, -0.25) is 0 Å². The number of nitrogens with zero attached hydrogens (tertiary/aromatic N) is 4. The van der Waals surface area contributed by atoms with Crippen LogP contribution in [0.4, 0.5) is 0 Å². The van der Waals surface area contributed by atoms with Gasteiger partial charge < -0.3 is 0 Å². The third-order valence-corrected chi connectivity index (χ3v) is 2.50. The Morgan fingerprint density at radius 1 is 1.19 bits per heavy atom. The minimum Gasteiger partial charge on any atom is -0.196 e. The highest BCUT2D eigenvalue weighted by atomic mass is 35.5. The van der Waals surface area contributed by atoms with E-state index in [1.807, 2.05) is 32.9 Å². The lowest BCUT2D eigenvalue weighted by Crippen LogP contribution is -2.04. The molecule has 16 heavy (non-hydrogen) atoms. The first-order valence-corrected chi connectivity index (χ1v) is 5.52. The molecule has 2 aromatic rings. The highest BCUT2D eigenvalue weighted by molar-refractivity contribution is 6.20. The molecule has 0 fully saturated rings. The fraction of sp³-hybridized carbons (Fsp3) is 0.364. The highest BCUT2D eigenvalue weighted by Gasteiger charge is 2.13. The number of tetrazole rings is 1. The molecule has 1 atom stereocenters. The van der Waals surface area contributed by atoms with Crippen LogP contribution in [0.25, 0.3) is 5.69 Å². The fourth-order valence-electron chi connectivity index (χ4n) is 1.70. The number of hydrogen-bond acceptors (Lipinski definition) is 3. The van der Waals surface area contributed by atoms with Crippen molar-refractivity contribution in [1.82, 2.24) is 20.2 Å². The van der Waals surface area contributed by atoms with Crippen molar-refractivity contribution in [2.45, 2.75) is 26.1 Å². The molecule has 84 valence electrons. The monoisotopic (exact) mass is 236 g/mol. The van der Waals surface area contributed by atoms with Gasteiger partial charge >= 0.3 is 0 Å². The third kappa shape index (κ3) is 2.07. The summed E-state index contributed by atoms with van der Waals surface area (Å²) in [6.45, 7) is 5.95. The molecule has 0 amide bonds. The van der Waals surface area contributed by atoms with Crippen molar-refractivity contribution in [1.29, 1.82) is 0 Å². The smallest absolute Gasteiger partial charge is 0.174 e. The lowest BCUT2D eigenvalue weighted by molar-refractivity contribution is 0.759. The minimum absolute atomic E-state index is 0.212. The number of alkyl halides is 1. The largest absolute Gasteiger partial charge is 0.196 e. The average Bonchev–Trinajstić information content (AvgIpc) is 2.63. The molecule has 4 nitrogen and oxygen atoms in total. The molecule has 0 bridgehead atoms. The number of halogens is 1. The van der Waals surface area contributed by atoms with Crippen molar-refractivity contribution in [3.63, 3.8) is 0 Å². The zero-order valence-electron chi connectivity index (χ0n) is 9.48. The SMILES string of the molecule is Cc1cc(C)cc(-n2nnnc2C(C)Cl)c1. The molecule has 0 saturated heterocycles. The van der Waals surface area contributed by atoms with Gasteiger partial charge in [0.2, 0.25) is 0 Å². The van der Waals surface area contributed by atoms with E-state index in [-0.39, 0.29) is 5.38 Å². The van der Waals surface area contributed by atoms with E-state index in [1.54, 1.807) is 4.68 Å². The van der Waals surface area contributed by atoms with Crippen molar-refractivity contribution in [2.24, 2.45) is 0 Å². The Labute approximate surface area is 99.2 Å². The van der Waals surface area contributed by atoms with E-state index >= 15 is 0 Å². The van der Waals surface area contributed by atoms with Gasteiger partial charge in [0.25, 0.3) is 0 Å². The molecule has 1 heterocycles. The normalized spacial score (nSPS) is 12.8. The molecule has 0 aliphatic heterocycles. The first-order chi connectivity index (χ1) is 7.58. The summed E-state index contributed by atoms with van der Waals surface area (Å²) in [7, 11) is 0. The third-order valence-electron chi connectivity index (χ3n) is 2.30. The van der Waals surface area contributed by atoms with Crippen molar-refractivity contribution in [2.75, 3.05) is 0 Å². The van der Waals surface area contributed by atoms with Crippen molar-refractivity contribution in [3.8, 4) is 5.69 Å². The number of rotatable bonds is 2. The van der Waals surface area contributed by atoms with E-state index in [4.69, 9.17) is 11.6 Å². The summed E-state index contributed by atoms with van der Waals surface area (Å²) < 4.78 is 1.68. The Hall–Kier alpha value is -1.42. The van der Waals surface area contributed by atoms with E-state index in [2.05, 4.69) is 21.6 Å². The molecule has 5 heteroatoms. The number of aryl methyl sites for hydroxylation is 2. The molecule has 0 saturated carbocycles. The quantitative estimate of drug-likeness (QED) is 0.753. The van der Waals surface area contributed by atoms with Crippen LogP contribution >= 0.6 is 11.6 Å². The maximum atomic E-state index is 6.02. The number of aromatic nitrogens is 4. The van der Waals surface area contributed by atoms with Crippen LogP contribution in [-0.4, -0.2) is 20.2 Å². The van der Waals surface area contributed by atoms with Gasteiger partial charge in [0.05, 0.1) is 11.1 Å². The molecule has 0 aliphatic carbocycles. The summed E-state index contributed by atoms with van der Waals surface area (Å²) in [6.07, 6.45) is 0. The maximum Gasteiger partial charge on any atom is 0.174 e. The van der Waals surface area contributed by atoms with Crippen LogP contribution in [0.15, 0.2) is 18.2 Å². The predicted molar refractivity (Wildman–Crippen MR) is 62.9 cm³/mol. The summed E-state index contributed by atoms with van der Waals surface area (Å²) >= 11 is 6.02. The molecule has 2 rings (SSSR count). The second-order valence-corrected chi connectivity index (χ2v) is 4.57. The van der Waals surface area contributed by atoms with Crippen LogP contribution in [0, 0.1) is 13.8 Å². The van der Waals surface area contributed by atoms with E-state index in [9.17, 15) is 0 Å². The Balaban J connectivity index is 2.54. The Morgan fingerprint density at radius 3 is 2.38 bits per heavy atom. The highest BCUT2D eigenvalue weighted by Crippen LogP contribution is 2.20. The van der Waals surface area contributed by atoms with Gasteiger partial charge in [0, 0.05) is 0 Å². The summed E-state index contributed by atoms with van der Waals surface area (Å²) in [4.78, 5) is 0. The van der Waals surface area contributed by atoms with Crippen LogP contribution in [0.1, 0.15) is 29.3 Å². The summed E-state index contributed by atoms with van der Waals surface area (Å²) in [5.74, 6) is 0.659. The lowest BCUT2D eigenvalue weighted by Gasteiger charge is -2.07. The van der Waals surface area contributed by atoms with E-state index in [1.165, 1.54) is 11.1 Å². The Kier molecular flexibility index (Phi) is 2.92. The maximum absolute atomic E-state index is 6.02. The van der Waals surface area contributed by atoms with E-state index < -0.39 is 0 Å². The van der Waals surface area contributed by atoms with Gasteiger partial charge in [-0.25, -0.2) is 0 Å². The van der Waals surface area contributed by atoms with Crippen LogP contribution in [-0.2, 0) is 0 Å². The van der Waals surface area contributed by atoms with Gasteiger partial charge in [-0.1, -0.05) is 6.07 Å². The zero-order valence-corrected chi connectivity index (χ0v) is 10.2. The zero-order chi connectivity index (χ0) is 11.7. The van der Waals surface area contributed by atoms with Crippen LogP contribution in [0.5, 0.6) is 0 Å². The second kappa shape index (κ2) is 4.22. The Bertz CT molecular complexity index is 484. The van der Waals surface area contributed by atoms with Gasteiger partial charge in [-0.15, -0.1) is 16.7 Å². The minimum atomic E-state index is -0.212. The molecule has 0 N–H and O–H groups in total. The van der Waals surface area contributed by atoms with Crippen molar-refractivity contribution < 1.29 is 0 Å². The summed E-state index contributed by atoms with van der Waals surface area (Å²) in [5.41, 5.74) is 3.31. The van der Waals surface area contributed by atoms with Gasteiger partial charge in [0.1, 0.15) is 0 Å². The van der Waals surface area contributed by atoms with Gasteiger partial charge in [-0.2, -0.15) is 4.68 Å². The van der Waals surface area contributed by atoms with E-state index in [0.29, 0.717) is 5.82 Å². The first kappa shape index (κ1) is 11.1. The molecule has 0 radical (unpaired) electrons. The second-order valence-electron chi connectivity index (χ2n) is 3.91. The van der Waals surface area contributed by atoms with Crippen LogP contribution < -0.4 is 0 Å². The predicted octanol–water partition coefficient (Wildman–Crippen LogP) is 2.58. The van der Waals surface area contributed by atoms with E-state index in [0.717, 1.165) is 5.69 Å². The standard InChI is InChI=1S/C11H13ClN4/c1-7-4-8(2)6-10(5-7)16-11(9(3)12)13-14-15-16/h4-6,9H,1-3H3. The fourth-order valence-corrected chi connectivity index (χ4v) is 1.83. The molecule has 1 aromatic heterocycles. The van der Waals surface area contributed by atoms with Crippen LogP contribution in [0.2, 0.25) is 0 Å². The Morgan fingerprint density at radius 2 is 1.81 bits per heavy atom.